The van der Waals surface area contributed by atoms with E-state index in [1.807, 2.05) is 0 Å². The molecule has 0 atom stereocenters. The van der Waals surface area contributed by atoms with Crippen molar-refractivity contribution in [2.75, 3.05) is 0 Å². The van der Waals surface area contributed by atoms with Crippen molar-refractivity contribution in [3.63, 3.8) is 0 Å². The average molecular weight is 180 g/mol. The van der Waals surface area contributed by atoms with Gasteiger partial charge in [0.05, 0.1) is 6.07 Å². The van der Waals surface area contributed by atoms with Gasteiger partial charge in [0.1, 0.15) is 5.75 Å². The highest BCUT2D eigenvalue weighted by molar-refractivity contribution is 5.19. The Balaban J connectivity index is 3.27. The summed E-state index contributed by atoms with van der Waals surface area (Å²) in [6.45, 7) is 0. The van der Waals surface area contributed by atoms with E-state index in [0.717, 1.165) is 0 Å². The molecule has 0 unspecified atom stereocenters. The van der Waals surface area contributed by atoms with Crippen LogP contribution in [0.25, 0.3) is 0 Å². The first-order valence-corrected chi connectivity index (χ1v) is 2.81. The van der Waals surface area contributed by atoms with Gasteiger partial charge in [-0.25, -0.2) is 4.79 Å². The lowest BCUT2D eigenvalue weighted by atomic mass is 10.3. The van der Waals surface area contributed by atoms with Crippen molar-refractivity contribution < 1.29 is 22.7 Å². The molecule has 6 heteroatoms. The fourth-order valence-electron chi connectivity index (χ4n) is 0.604. The lowest BCUT2D eigenvalue weighted by molar-refractivity contribution is -0.154. The van der Waals surface area contributed by atoms with E-state index in [0.29, 0.717) is 12.1 Å². The van der Waals surface area contributed by atoms with Gasteiger partial charge in [0.15, 0.2) is 0 Å². The highest BCUT2D eigenvalue weighted by Gasteiger charge is 2.34. The van der Waals surface area contributed by atoms with Crippen LogP contribution < -0.4 is 5.63 Å². The zero-order chi connectivity index (χ0) is 9.35. The molecule has 0 radical (unpaired) electrons. The van der Waals surface area contributed by atoms with E-state index in [4.69, 9.17) is 5.11 Å². The first-order valence-electron chi connectivity index (χ1n) is 2.81. The summed E-state index contributed by atoms with van der Waals surface area (Å²) in [4.78, 5) is 10.3. The average Bonchev–Trinajstić information content (AvgIpc) is 1.82. The summed E-state index contributed by atoms with van der Waals surface area (Å²) in [7, 11) is 0. The monoisotopic (exact) mass is 180 g/mol. The molecule has 0 amide bonds. The normalized spacial score (nSPS) is 11.6. The molecule has 0 saturated heterocycles. The fourth-order valence-corrected chi connectivity index (χ4v) is 0.604. The van der Waals surface area contributed by atoms with Crippen LogP contribution in [0.5, 0.6) is 5.75 Å². The predicted octanol–water partition coefficient (Wildman–Crippen LogP) is 1.36. The highest BCUT2D eigenvalue weighted by atomic mass is 19.4. The molecule has 0 spiro atoms. The van der Waals surface area contributed by atoms with Crippen molar-refractivity contribution in [2.45, 2.75) is 6.18 Å². The molecule has 0 aromatic carbocycles. The van der Waals surface area contributed by atoms with Gasteiger partial charge in [-0.1, -0.05) is 0 Å². The summed E-state index contributed by atoms with van der Waals surface area (Å²) in [5, 5.41) is 8.60. The number of rotatable bonds is 0. The summed E-state index contributed by atoms with van der Waals surface area (Å²) in [5.74, 6) is -2.27. The van der Waals surface area contributed by atoms with E-state index in [2.05, 4.69) is 4.42 Å². The Bertz CT molecular complexity index is 339. The summed E-state index contributed by atoms with van der Waals surface area (Å²) in [5.41, 5.74) is -1.23. The quantitative estimate of drug-likeness (QED) is 0.655. The highest BCUT2D eigenvalue weighted by Crippen LogP contribution is 2.29. The molecule has 1 N–H and O–H groups in total. The topological polar surface area (TPSA) is 50.4 Å². The Labute approximate surface area is 64.1 Å². The maximum atomic E-state index is 11.8. The zero-order valence-corrected chi connectivity index (χ0v) is 5.55. The van der Waals surface area contributed by atoms with Crippen molar-refractivity contribution >= 4 is 0 Å². The molecular formula is C6H3F3O3. The summed E-state index contributed by atoms with van der Waals surface area (Å²) < 4.78 is 39.2. The molecule has 3 nitrogen and oxygen atoms in total. The van der Waals surface area contributed by atoms with Gasteiger partial charge in [-0.3, -0.25) is 0 Å². The minimum absolute atomic E-state index is 0.335. The second-order valence-electron chi connectivity index (χ2n) is 2.00. The summed E-state index contributed by atoms with van der Waals surface area (Å²) in [6.07, 6.45) is -4.75. The predicted molar refractivity (Wildman–Crippen MR) is 31.6 cm³/mol. The third-order valence-corrected chi connectivity index (χ3v) is 1.03. The molecule has 0 aliphatic heterocycles. The van der Waals surface area contributed by atoms with Crippen molar-refractivity contribution in [1.29, 1.82) is 0 Å². The van der Waals surface area contributed by atoms with Gasteiger partial charge in [-0.2, -0.15) is 13.2 Å². The Hall–Kier alpha value is -1.46. The van der Waals surface area contributed by atoms with Crippen LogP contribution >= 0.6 is 0 Å². The van der Waals surface area contributed by atoms with Crippen LogP contribution in [0.4, 0.5) is 13.2 Å². The molecule has 0 aliphatic carbocycles. The molecule has 0 fully saturated rings. The third-order valence-electron chi connectivity index (χ3n) is 1.03. The van der Waals surface area contributed by atoms with Gasteiger partial charge >= 0.3 is 11.8 Å². The number of hydrogen-bond donors (Lipinski definition) is 1. The van der Waals surface area contributed by atoms with E-state index in [1.54, 1.807) is 0 Å². The third kappa shape index (κ3) is 1.77. The lowest BCUT2D eigenvalue weighted by Gasteiger charge is -2.03. The molecule has 0 bridgehead atoms. The molecule has 66 valence electrons. The number of aromatic hydroxyl groups is 1. The Morgan fingerprint density at radius 3 is 2.33 bits per heavy atom. The SMILES string of the molecule is O=c1cc(O)cc(C(F)(F)F)o1. The van der Waals surface area contributed by atoms with Gasteiger partial charge in [0, 0.05) is 6.07 Å². The Morgan fingerprint density at radius 2 is 1.92 bits per heavy atom. The zero-order valence-electron chi connectivity index (χ0n) is 5.55. The van der Waals surface area contributed by atoms with Crippen LogP contribution in [0.1, 0.15) is 5.76 Å². The minimum atomic E-state index is -4.75. The molecule has 1 aromatic heterocycles. The van der Waals surface area contributed by atoms with E-state index < -0.39 is 23.3 Å². The van der Waals surface area contributed by atoms with Crippen LogP contribution in [0.15, 0.2) is 21.3 Å². The largest absolute Gasteiger partial charge is 0.508 e. The van der Waals surface area contributed by atoms with Crippen molar-refractivity contribution in [3.8, 4) is 5.75 Å². The standard InChI is InChI=1S/C6H3F3O3/c7-6(8,9)4-1-3(10)2-5(11)12-4/h1-2,10H. The molecule has 0 aliphatic rings. The smallest absolute Gasteiger partial charge is 0.449 e. The maximum Gasteiger partial charge on any atom is 0.449 e. The number of alkyl halides is 3. The molecular weight excluding hydrogens is 177 g/mol. The Morgan fingerprint density at radius 1 is 1.33 bits per heavy atom. The van der Waals surface area contributed by atoms with E-state index >= 15 is 0 Å². The number of halogens is 3. The van der Waals surface area contributed by atoms with Crippen LogP contribution in [-0.4, -0.2) is 5.11 Å². The molecule has 1 aromatic rings. The lowest BCUT2D eigenvalue weighted by Crippen LogP contribution is -2.09. The summed E-state index contributed by atoms with van der Waals surface area (Å²) in [6, 6.07) is 0.886. The second kappa shape index (κ2) is 2.54. The molecule has 0 saturated carbocycles. The van der Waals surface area contributed by atoms with E-state index in [1.165, 1.54) is 0 Å². The van der Waals surface area contributed by atoms with Crippen molar-refractivity contribution in [1.82, 2.24) is 0 Å². The van der Waals surface area contributed by atoms with Gasteiger partial charge in [0.25, 0.3) is 0 Å². The van der Waals surface area contributed by atoms with E-state index in [9.17, 15) is 18.0 Å². The minimum Gasteiger partial charge on any atom is -0.508 e. The first kappa shape index (κ1) is 8.63. The molecule has 1 heterocycles. The van der Waals surface area contributed by atoms with Crippen molar-refractivity contribution in [2.24, 2.45) is 0 Å². The first-order chi connectivity index (χ1) is 5.39. The number of hydrogen-bond acceptors (Lipinski definition) is 3. The summed E-state index contributed by atoms with van der Waals surface area (Å²) >= 11 is 0. The van der Waals surface area contributed by atoms with Gasteiger partial charge in [-0.05, 0) is 0 Å². The van der Waals surface area contributed by atoms with Crippen LogP contribution in [-0.2, 0) is 6.18 Å². The van der Waals surface area contributed by atoms with Crippen LogP contribution in [0.3, 0.4) is 0 Å². The second-order valence-corrected chi connectivity index (χ2v) is 2.00. The van der Waals surface area contributed by atoms with Gasteiger partial charge < -0.3 is 9.52 Å². The molecule has 12 heavy (non-hydrogen) atoms. The maximum absolute atomic E-state index is 11.8. The molecule has 1 rings (SSSR count). The van der Waals surface area contributed by atoms with Gasteiger partial charge in [0.2, 0.25) is 5.76 Å². The fraction of sp³-hybridized carbons (Fsp3) is 0.167. The van der Waals surface area contributed by atoms with E-state index in [-0.39, 0.29) is 0 Å². The van der Waals surface area contributed by atoms with Gasteiger partial charge in [-0.15, -0.1) is 0 Å². The van der Waals surface area contributed by atoms with Crippen molar-refractivity contribution in [3.05, 3.63) is 28.3 Å². The van der Waals surface area contributed by atoms with Crippen LogP contribution in [0.2, 0.25) is 0 Å². The van der Waals surface area contributed by atoms with Crippen LogP contribution in [0, 0.1) is 0 Å². The Kier molecular flexibility index (Phi) is 1.83.